The molecule has 0 bridgehead atoms. The molecule has 3 nitrogen and oxygen atoms in total. The summed E-state index contributed by atoms with van der Waals surface area (Å²) in [5, 5.41) is 13.5. The minimum Gasteiger partial charge on any atom is -0.389 e. The molecule has 0 saturated heterocycles. The van der Waals surface area contributed by atoms with Crippen LogP contribution in [-0.2, 0) is 6.54 Å². The highest BCUT2D eigenvalue weighted by Crippen LogP contribution is 2.28. The number of likely N-dealkylation sites (N-methyl/N-ethyl adjacent to an activating group) is 1. The van der Waals surface area contributed by atoms with Gasteiger partial charge in [0, 0.05) is 24.1 Å². The van der Waals surface area contributed by atoms with Crippen LogP contribution in [-0.4, -0.2) is 30.3 Å². The fourth-order valence-corrected chi connectivity index (χ4v) is 2.93. The summed E-state index contributed by atoms with van der Waals surface area (Å²) >= 11 is 3.67. The molecule has 0 spiro atoms. The molecule has 1 aromatic rings. The maximum Gasteiger partial charge on any atom is 0.0765 e. The van der Waals surface area contributed by atoms with Crippen molar-refractivity contribution in [3.63, 3.8) is 0 Å². The van der Waals surface area contributed by atoms with Crippen LogP contribution in [0, 0.1) is 5.92 Å². The Morgan fingerprint density at radius 2 is 2.00 bits per heavy atom. The van der Waals surface area contributed by atoms with Crippen molar-refractivity contribution in [2.45, 2.75) is 46.8 Å². The van der Waals surface area contributed by atoms with Crippen molar-refractivity contribution in [2.75, 3.05) is 24.5 Å². The molecule has 0 atom stereocenters. The second kappa shape index (κ2) is 8.16. The average molecular weight is 357 g/mol. The maximum absolute atomic E-state index is 10.0. The van der Waals surface area contributed by atoms with Gasteiger partial charge in [0.25, 0.3) is 0 Å². The molecule has 4 heteroatoms. The largest absolute Gasteiger partial charge is 0.389 e. The maximum atomic E-state index is 10.0. The van der Waals surface area contributed by atoms with E-state index in [0.29, 0.717) is 12.5 Å². The molecule has 0 aromatic heterocycles. The van der Waals surface area contributed by atoms with Gasteiger partial charge in [-0.25, -0.2) is 0 Å². The molecule has 0 saturated carbocycles. The molecule has 21 heavy (non-hydrogen) atoms. The third-order valence-corrected chi connectivity index (χ3v) is 3.83. The van der Waals surface area contributed by atoms with E-state index in [1.54, 1.807) is 0 Å². The number of anilines is 1. The van der Waals surface area contributed by atoms with Crippen LogP contribution in [0.2, 0.25) is 0 Å². The van der Waals surface area contributed by atoms with Gasteiger partial charge < -0.3 is 15.3 Å². The van der Waals surface area contributed by atoms with E-state index in [9.17, 15) is 5.11 Å². The predicted molar refractivity (Wildman–Crippen MR) is 94.9 cm³/mol. The van der Waals surface area contributed by atoms with Crippen molar-refractivity contribution >= 4 is 21.6 Å². The highest BCUT2D eigenvalue weighted by Gasteiger charge is 2.19. The average Bonchev–Trinajstić information content (AvgIpc) is 2.35. The van der Waals surface area contributed by atoms with Crippen LogP contribution < -0.4 is 10.2 Å². The number of aliphatic hydroxyl groups is 1. The van der Waals surface area contributed by atoms with Crippen molar-refractivity contribution in [3.05, 3.63) is 28.2 Å². The minimum atomic E-state index is -0.701. The molecule has 2 N–H and O–H groups in total. The normalized spacial score (nSPS) is 12.0. The Kier molecular flexibility index (Phi) is 7.17. The molecule has 0 fully saturated rings. The van der Waals surface area contributed by atoms with Crippen LogP contribution in [0.4, 0.5) is 5.69 Å². The molecule has 1 rings (SSSR count). The summed E-state index contributed by atoms with van der Waals surface area (Å²) in [6, 6.07) is 6.45. The van der Waals surface area contributed by atoms with Crippen molar-refractivity contribution in [3.8, 4) is 0 Å². The first-order valence-electron chi connectivity index (χ1n) is 7.69. The van der Waals surface area contributed by atoms with Gasteiger partial charge in [0.05, 0.1) is 11.3 Å². The lowest BCUT2D eigenvalue weighted by Gasteiger charge is -2.30. The minimum absolute atomic E-state index is 0.618. The number of halogens is 1. The van der Waals surface area contributed by atoms with Gasteiger partial charge in [-0.1, -0.05) is 19.9 Å². The van der Waals surface area contributed by atoms with E-state index in [2.05, 4.69) is 65.1 Å². The van der Waals surface area contributed by atoms with Crippen molar-refractivity contribution in [2.24, 2.45) is 5.92 Å². The molecule has 0 unspecified atom stereocenters. The number of nitrogens with zero attached hydrogens (tertiary/aromatic N) is 1. The van der Waals surface area contributed by atoms with Crippen LogP contribution in [0.15, 0.2) is 22.7 Å². The first-order chi connectivity index (χ1) is 9.73. The summed E-state index contributed by atoms with van der Waals surface area (Å²) < 4.78 is 1.08. The topological polar surface area (TPSA) is 35.5 Å². The Morgan fingerprint density at radius 1 is 1.33 bits per heavy atom. The van der Waals surface area contributed by atoms with Gasteiger partial charge in [-0.3, -0.25) is 0 Å². The predicted octanol–water partition coefficient (Wildman–Crippen LogP) is 3.79. The summed E-state index contributed by atoms with van der Waals surface area (Å²) in [5.74, 6) is 0.662. The van der Waals surface area contributed by atoms with Crippen molar-refractivity contribution < 1.29 is 5.11 Å². The van der Waals surface area contributed by atoms with Crippen LogP contribution in [0.25, 0.3) is 0 Å². The van der Waals surface area contributed by atoms with Crippen LogP contribution >= 0.6 is 15.9 Å². The van der Waals surface area contributed by atoms with Gasteiger partial charge in [-0.15, -0.1) is 0 Å². The molecule has 1 aromatic carbocycles. The van der Waals surface area contributed by atoms with Gasteiger partial charge in [0.1, 0.15) is 0 Å². The summed E-state index contributed by atoms with van der Waals surface area (Å²) in [5.41, 5.74) is 1.70. The van der Waals surface area contributed by atoms with Crippen molar-refractivity contribution in [1.29, 1.82) is 0 Å². The van der Waals surface area contributed by atoms with Gasteiger partial charge in [0.15, 0.2) is 0 Å². The second-order valence-electron chi connectivity index (χ2n) is 6.64. The number of nitrogens with one attached hydrogen (secondary N) is 1. The molecule has 120 valence electrons. The molecular weight excluding hydrogens is 328 g/mol. The lowest BCUT2D eigenvalue weighted by Crippen LogP contribution is -2.38. The van der Waals surface area contributed by atoms with E-state index in [4.69, 9.17) is 0 Å². The molecule has 0 aliphatic carbocycles. The Bertz CT molecular complexity index is 441. The SMILES string of the molecule is CCN(CC(C)(C)O)c1ccc(CNCC(C)C)cc1Br. The van der Waals surface area contributed by atoms with E-state index < -0.39 is 5.60 Å². The van der Waals surface area contributed by atoms with Crippen LogP contribution in [0.1, 0.15) is 40.2 Å². The second-order valence-corrected chi connectivity index (χ2v) is 7.49. The van der Waals surface area contributed by atoms with Gasteiger partial charge >= 0.3 is 0 Å². The first kappa shape index (κ1) is 18.5. The molecule has 0 amide bonds. The zero-order valence-electron chi connectivity index (χ0n) is 13.9. The van der Waals surface area contributed by atoms with E-state index in [1.807, 2.05) is 13.8 Å². The fourth-order valence-electron chi connectivity index (χ4n) is 2.26. The smallest absolute Gasteiger partial charge is 0.0765 e. The standard InChI is InChI=1S/C17H29BrN2O/c1-6-20(12-17(4,5)21)16-8-7-14(9-15(16)18)11-19-10-13(2)3/h7-9,13,19,21H,6,10-12H2,1-5H3. The zero-order valence-corrected chi connectivity index (χ0v) is 15.5. The van der Waals surface area contributed by atoms with Gasteiger partial charge in [-0.05, 0) is 66.9 Å². The quantitative estimate of drug-likeness (QED) is 0.743. The Balaban J connectivity index is 2.76. The van der Waals surface area contributed by atoms with Gasteiger partial charge in [0.2, 0.25) is 0 Å². The number of benzene rings is 1. The lowest BCUT2D eigenvalue weighted by atomic mass is 10.1. The molecule has 0 heterocycles. The summed E-state index contributed by atoms with van der Waals surface area (Å²) in [6.07, 6.45) is 0. The summed E-state index contributed by atoms with van der Waals surface area (Å²) in [4.78, 5) is 2.19. The van der Waals surface area contributed by atoms with E-state index in [1.165, 1.54) is 5.56 Å². The Morgan fingerprint density at radius 3 is 2.48 bits per heavy atom. The highest BCUT2D eigenvalue weighted by atomic mass is 79.9. The monoisotopic (exact) mass is 356 g/mol. The molecule has 0 aliphatic rings. The Hall–Kier alpha value is -0.580. The Labute approximate surface area is 137 Å². The third kappa shape index (κ3) is 6.81. The molecule has 0 radical (unpaired) electrons. The van der Waals surface area contributed by atoms with Crippen LogP contribution in [0.5, 0.6) is 0 Å². The van der Waals surface area contributed by atoms with Gasteiger partial charge in [-0.2, -0.15) is 0 Å². The van der Waals surface area contributed by atoms with Crippen LogP contribution in [0.3, 0.4) is 0 Å². The third-order valence-electron chi connectivity index (χ3n) is 3.19. The molecular formula is C17H29BrN2O. The summed E-state index contributed by atoms with van der Waals surface area (Å²) in [6.45, 7) is 13.6. The highest BCUT2D eigenvalue weighted by molar-refractivity contribution is 9.10. The number of rotatable bonds is 8. The van der Waals surface area contributed by atoms with Crippen molar-refractivity contribution in [1.82, 2.24) is 5.32 Å². The molecule has 0 aliphatic heterocycles. The fraction of sp³-hybridized carbons (Fsp3) is 0.647. The number of hydrogen-bond donors (Lipinski definition) is 2. The van der Waals surface area contributed by atoms with E-state index >= 15 is 0 Å². The number of hydrogen-bond acceptors (Lipinski definition) is 3. The lowest BCUT2D eigenvalue weighted by molar-refractivity contribution is 0.0875. The summed E-state index contributed by atoms with van der Waals surface area (Å²) in [7, 11) is 0. The van der Waals surface area contributed by atoms with E-state index in [-0.39, 0.29) is 0 Å². The zero-order chi connectivity index (χ0) is 16.0. The van der Waals surface area contributed by atoms with E-state index in [0.717, 1.165) is 29.8 Å². The first-order valence-corrected chi connectivity index (χ1v) is 8.48.